The van der Waals surface area contributed by atoms with Crippen molar-refractivity contribution in [3.8, 4) is 10.7 Å². The molecule has 2 aromatic heterocycles. The molecule has 3 rings (SSSR count). The highest BCUT2D eigenvalue weighted by atomic mass is 35.5. The minimum Gasteiger partial charge on any atom is -0.384 e. The molecule has 1 aliphatic heterocycles. The van der Waals surface area contributed by atoms with Crippen LogP contribution in [0.3, 0.4) is 0 Å². The molecule has 1 aliphatic rings. The molecule has 0 atom stereocenters. The number of piperidine rings is 1. The van der Waals surface area contributed by atoms with Crippen molar-refractivity contribution in [2.75, 3.05) is 33.4 Å². The number of hydrogen-bond donors (Lipinski definition) is 2. The highest BCUT2D eigenvalue weighted by molar-refractivity contribution is 7.13. The topological polar surface area (TPSA) is 89.0 Å². The number of carbonyl (C=O) groups is 1. The Bertz CT molecular complexity index is 675. The Morgan fingerprint density at radius 3 is 2.77 bits per heavy atom. The van der Waals surface area contributed by atoms with E-state index in [1.165, 1.54) is 11.3 Å². The summed E-state index contributed by atoms with van der Waals surface area (Å²) in [6, 6.07) is 0. The molecule has 0 unspecified atom stereocenters. The zero-order valence-electron chi connectivity index (χ0n) is 14.4. The number of methoxy groups -OCH3 is 1. The van der Waals surface area contributed by atoms with Crippen LogP contribution in [0.1, 0.15) is 23.3 Å². The summed E-state index contributed by atoms with van der Waals surface area (Å²) in [4.78, 5) is 25.0. The summed E-state index contributed by atoms with van der Waals surface area (Å²) < 4.78 is 5.38. The maximum absolute atomic E-state index is 12.4. The molecule has 2 N–H and O–H groups in total. The Balaban J connectivity index is 0.00000169. The minimum absolute atomic E-state index is 0. The van der Waals surface area contributed by atoms with Gasteiger partial charge in [-0.05, 0) is 25.9 Å². The van der Waals surface area contributed by atoms with Crippen LogP contribution in [0.15, 0.2) is 24.0 Å². The second-order valence-corrected chi connectivity index (χ2v) is 6.85. The van der Waals surface area contributed by atoms with Crippen molar-refractivity contribution in [1.29, 1.82) is 0 Å². The first kappa shape index (κ1) is 22.7. The van der Waals surface area contributed by atoms with E-state index in [0.717, 1.165) is 25.9 Å². The molecule has 1 amide bonds. The summed E-state index contributed by atoms with van der Waals surface area (Å²) in [6.45, 7) is 3.15. The number of hydrogen-bond acceptors (Lipinski definition) is 7. The predicted molar refractivity (Wildman–Crippen MR) is 106 cm³/mol. The van der Waals surface area contributed by atoms with Gasteiger partial charge in [0, 0.05) is 36.8 Å². The first-order valence-electron chi connectivity index (χ1n) is 7.92. The number of aromatic nitrogens is 3. The van der Waals surface area contributed by atoms with E-state index in [9.17, 15) is 4.79 Å². The van der Waals surface area contributed by atoms with Crippen LogP contribution in [0.2, 0.25) is 0 Å². The fourth-order valence-corrected chi connectivity index (χ4v) is 3.66. The lowest BCUT2D eigenvalue weighted by Gasteiger charge is -2.37. The van der Waals surface area contributed by atoms with Gasteiger partial charge >= 0.3 is 0 Å². The van der Waals surface area contributed by atoms with Gasteiger partial charge in [-0.3, -0.25) is 14.8 Å². The fraction of sp³-hybridized carbons (Fsp3) is 0.500. The maximum atomic E-state index is 12.4. The van der Waals surface area contributed by atoms with Crippen molar-refractivity contribution in [2.45, 2.75) is 12.8 Å². The number of carbonyl (C=O) groups excluding carboxylic acids is 1. The molecule has 26 heavy (non-hydrogen) atoms. The van der Waals surface area contributed by atoms with Crippen LogP contribution in [-0.2, 0) is 4.74 Å². The summed E-state index contributed by atoms with van der Waals surface area (Å²) in [6.07, 6.45) is 6.84. The Morgan fingerprint density at radius 2 is 2.12 bits per heavy atom. The van der Waals surface area contributed by atoms with Gasteiger partial charge < -0.3 is 15.4 Å². The average molecular weight is 420 g/mol. The van der Waals surface area contributed by atoms with E-state index in [-0.39, 0.29) is 36.1 Å². The van der Waals surface area contributed by atoms with Gasteiger partial charge in [0.15, 0.2) is 0 Å². The number of rotatable bonds is 6. The molecule has 0 spiro atoms. The zero-order chi connectivity index (χ0) is 16.8. The standard InChI is InChI=1S/C16H21N5O2S.2ClH/c1-23-11-16(2-4-17-5-3-16)10-20-14(22)13-9-24-15(21-13)12-8-18-6-7-19-12;;/h6-9,17H,2-5,10-11H2,1H3,(H,20,22);2*1H. The first-order chi connectivity index (χ1) is 11.7. The molecule has 0 saturated carbocycles. The highest BCUT2D eigenvalue weighted by Crippen LogP contribution is 2.28. The molecular formula is C16H23Cl2N5O2S. The predicted octanol–water partition coefficient (Wildman–Crippen LogP) is 2.19. The van der Waals surface area contributed by atoms with Gasteiger partial charge in [0.25, 0.3) is 5.91 Å². The van der Waals surface area contributed by atoms with Crippen LogP contribution in [0.4, 0.5) is 0 Å². The zero-order valence-corrected chi connectivity index (χ0v) is 16.9. The lowest BCUT2D eigenvalue weighted by atomic mass is 9.79. The maximum Gasteiger partial charge on any atom is 0.270 e. The van der Waals surface area contributed by atoms with Gasteiger partial charge in [-0.1, -0.05) is 0 Å². The molecule has 0 aliphatic carbocycles. The van der Waals surface area contributed by atoms with Crippen LogP contribution >= 0.6 is 36.2 Å². The van der Waals surface area contributed by atoms with E-state index in [2.05, 4.69) is 25.6 Å². The Hall–Kier alpha value is -1.32. The molecule has 3 heterocycles. The number of nitrogens with zero attached hydrogens (tertiary/aromatic N) is 3. The Kier molecular flexibility index (Phi) is 9.38. The molecule has 2 aromatic rings. The summed E-state index contributed by atoms with van der Waals surface area (Å²) in [5.41, 5.74) is 1.09. The van der Waals surface area contributed by atoms with Crippen molar-refractivity contribution < 1.29 is 9.53 Å². The lowest BCUT2D eigenvalue weighted by molar-refractivity contribution is 0.0511. The smallest absolute Gasteiger partial charge is 0.270 e. The SMILES string of the molecule is COCC1(CNC(=O)c2csc(-c3cnccn3)n2)CCNCC1.Cl.Cl. The third-order valence-corrected chi connectivity index (χ3v) is 5.12. The van der Waals surface area contributed by atoms with Crippen LogP contribution < -0.4 is 10.6 Å². The van der Waals surface area contributed by atoms with E-state index in [4.69, 9.17) is 4.74 Å². The van der Waals surface area contributed by atoms with Crippen LogP contribution in [0, 0.1) is 5.41 Å². The summed E-state index contributed by atoms with van der Waals surface area (Å²) in [5, 5.41) is 8.82. The number of thiazole rings is 1. The minimum atomic E-state index is -0.157. The van der Waals surface area contributed by atoms with Gasteiger partial charge in [-0.25, -0.2) is 4.98 Å². The molecule has 0 bridgehead atoms. The molecule has 0 aromatic carbocycles. The van der Waals surface area contributed by atoms with E-state index >= 15 is 0 Å². The monoisotopic (exact) mass is 419 g/mol. The van der Waals surface area contributed by atoms with Crippen molar-refractivity contribution in [2.24, 2.45) is 5.41 Å². The molecule has 7 nitrogen and oxygen atoms in total. The average Bonchev–Trinajstić information content (AvgIpc) is 3.12. The molecule has 0 radical (unpaired) electrons. The van der Waals surface area contributed by atoms with Crippen LogP contribution in [-0.4, -0.2) is 54.2 Å². The normalized spacial score (nSPS) is 15.4. The summed E-state index contributed by atoms with van der Waals surface area (Å²) >= 11 is 1.39. The Labute approximate surface area is 169 Å². The lowest BCUT2D eigenvalue weighted by Crippen LogP contribution is -2.47. The third-order valence-electron chi connectivity index (χ3n) is 4.26. The number of nitrogens with one attached hydrogen (secondary N) is 2. The van der Waals surface area contributed by atoms with Crippen molar-refractivity contribution >= 4 is 42.1 Å². The van der Waals surface area contributed by atoms with E-state index < -0.39 is 0 Å². The molecule has 1 fully saturated rings. The quantitative estimate of drug-likeness (QED) is 0.745. The van der Waals surface area contributed by atoms with Crippen molar-refractivity contribution in [3.63, 3.8) is 0 Å². The summed E-state index contributed by atoms with van der Waals surface area (Å²) in [5.74, 6) is -0.157. The number of amides is 1. The summed E-state index contributed by atoms with van der Waals surface area (Å²) in [7, 11) is 1.71. The van der Waals surface area contributed by atoms with Gasteiger partial charge in [-0.15, -0.1) is 36.2 Å². The van der Waals surface area contributed by atoms with E-state index in [0.29, 0.717) is 29.5 Å². The first-order valence-corrected chi connectivity index (χ1v) is 8.80. The highest BCUT2D eigenvalue weighted by Gasteiger charge is 2.32. The fourth-order valence-electron chi connectivity index (χ4n) is 2.90. The number of halogens is 2. The Morgan fingerprint density at radius 1 is 1.35 bits per heavy atom. The molecular weight excluding hydrogens is 397 g/mol. The second-order valence-electron chi connectivity index (χ2n) is 5.99. The molecule has 1 saturated heterocycles. The van der Waals surface area contributed by atoms with Crippen LogP contribution in [0.25, 0.3) is 10.7 Å². The van der Waals surface area contributed by atoms with Gasteiger partial charge in [0.1, 0.15) is 16.4 Å². The van der Waals surface area contributed by atoms with Gasteiger partial charge in [-0.2, -0.15) is 0 Å². The van der Waals surface area contributed by atoms with E-state index in [1.54, 1.807) is 31.1 Å². The van der Waals surface area contributed by atoms with Gasteiger partial charge in [0.05, 0.1) is 12.8 Å². The second kappa shape index (κ2) is 10.7. The number of ether oxygens (including phenoxy) is 1. The van der Waals surface area contributed by atoms with Crippen molar-refractivity contribution in [1.82, 2.24) is 25.6 Å². The van der Waals surface area contributed by atoms with Crippen LogP contribution in [0.5, 0.6) is 0 Å². The largest absolute Gasteiger partial charge is 0.384 e. The van der Waals surface area contributed by atoms with Gasteiger partial charge in [0.2, 0.25) is 0 Å². The van der Waals surface area contributed by atoms with E-state index in [1.807, 2.05) is 0 Å². The third kappa shape index (κ3) is 5.59. The molecule has 10 heteroatoms. The van der Waals surface area contributed by atoms with Crippen molar-refractivity contribution in [3.05, 3.63) is 29.7 Å². The molecule has 144 valence electrons.